The Bertz CT molecular complexity index is 1220. The zero-order valence-electron chi connectivity index (χ0n) is 16.7. The Morgan fingerprint density at radius 3 is 2.62 bits per heavy atom. The fraction of sp³-hybridized carbons (Fsp3) is 0.304. The van der Waals surface area contributed by atoms with Crippen LogP contribution in [0.2, 0.25) is 0 Å². The van der Waals surface area contributed by atoms with E-state index < -0.39 is 5.97 Å². The number of ketones is 1. The molecule has 1 aromatic heterocycles. The van der Waals surface area contributed by atoms with Gasteiger partial charge in [0.05, 0.1) is 16.5 Å². The van der Waals surface area contributed by atoms with E-state index in [0.29, 0.717) is 23.0 Å². The molecule has 6 nitrogen and oxygen atoms in total. The largest absolute Gasteiger partial charge is 0.454 e. The molecule has 4 rings (SSSR count). The van der Waals surface area contributed by atoms with Crippen LogP contribution >= 0.6 is 0 Å². The van der Waals surface area contributed by atoms with Crippen molar-refractivity contribution < 1.29 is 14.3 Å². The SMILES string of the molecule is Cc1cc(C)c(C(=O)COC(=O)c2ccc3c(=O)n4c(nc3c2)CCC4)cc1C. The Morgan fingerprint density at radius 2 is 1.83 bits per heavy atom. The average molecular weight is 390 g/mol. The molecule has 29 heavy (non-hydrogen) atoms. The first kappa shape index (κ1) is 19.1. The zero-order chi connectivity index (χ0) is 20.7. The third-order valence-electron chi connectivity index (χ3n) is 5.53. The summed E-state index contributed by atoms with van der Waals surface area (Å²) in [7, 11) is 0. The van der Waals surface area contributed by atoms with E-state index in [4.69, 9.17) is 4.74 Å². The van der Waals surface area contributed by atoms with Crippen LogP contribution in [0.4, 0.5) is 0 Å². The topological polar surface area (TPSA) is 78.3 Å². The number of hydrogen-bond acceptors (Lipinski definition) is 5. The molecule has 0 unspecified atom stereocenters. The number of esters is 1. The number of carbonyl (C=O) groups excluding carboxylic acids is 2. The number of rotatable bonds is 4. The Labute approximate surface area is 168 Å². The van der Waals surface area contributed by atoms with Crippen molar-refractivity contribution in [2.45, 2.75) is 40.2 Å². The average Bonchev–Trinajstić information content (AvgIpc) is 3.17. The van der Waals surface area contributed by atoms with Crippen molar-refractivity contribution in [1.82, 2.24) is 9.55 Å². The van der Waals surface area contributed by atoms with Crippen LogP contribution in [0.1, 0.15) is 49.7 Å². The van der Waals surface area contributed by atoms with Crippen molar-refractivity contribution in [2.75, 3.05) is 6.61 Å². The van der Waals surface area contributed by atoms with Gasteiger partial charge in [-0.2, -0.15) is 0 Å². The highest BCUT2D eigenvalue weighted by molar-refractivity contribution is 6.01. The Hall–Kier alpha value is -3.28. The third-order valence-corrected chi connectivity index (χ3v) is 5.53. The predicted octanol–water partition coefficient (Wildman–Crippen LogP) is 3.31. The molecule has 6 heteroatoms. The molecule has 0 bridgehead atoms. The van der Waals surface area contributed by atoms with Gasteiger partial charge in [0.15, 0.2) is 6.61 Å². The van der Waals surface area contributed by atoms with Crippen LogP contribution in [-0.4, -0.2) is 27.9 Å². The molecule has 0 spiro atoms. The first-order chi connectivity index (χ1) is 13.8. The van der Waals surface area contributed by atoms with Crippen LogP contribution in [-0.2, 0) is 17.7 Å². The van der Waals surface area contributed by atoms with Crippen molar-refractivity contribution in [3.63, 3.8) is 0 Å². The summed E-state index contributed by atoms with van der Waals surface area (Å²) in [5.41, 5.74) is 4.23. The summed E-state index contributed by atoms with van der Waals surface area (Å²) >= 11 is 0. The van der Waals surface area contributed by atoms with Gasteiger partial charge in [0.1, 0.15) is 5.82 Å². The minimum Gasteiger partial charge on any atom is -0.454 e. The molecule has 2 heterocycles. The van der Waals surface area contributed by atoms with E-state index in [1.165, 1.54) is 0 Å². The fourth-order valence-corrected chi connectivity index (χ4v) is 3.76. The quantitative estimate of drug-likeness (QED) is 0.504. The normalized spacial score (nSPS) is 12.8. The molecule has 2 aromatic carbocycles. The Kier molecular flexibility index (Phi) is 4.78. The van der Waals surface area contributed by atoms with E-state index in [1.807, 2.05) is 32.9 Å². The number of ether oxygens (including phenoxy) is 1. The van der Waals surface area contributed by atoms with E-state index in [9.17, 15) is 14.4 Å². The molecule has 0 radical (unpaired) electrons. The lowest BCUT2D eigenvalue weighted by atomic mass is 9.98. The Morgan fingerprint density at radius 1 is 1.07 bits per heavy atom. The molecule has 0 aliphatic carbocycles. The van der Waals surface area contributed by atoms with Crippen molar-refractivity contribution >= 4 is 22.7 Å². The molecule has 0 atom stereocenters. The second-order valence-corrected chi connectivity index (χ2v) is 7.57. The third kappa shape index (κ3) is 3.46. The number of benzene rings is 2. The number of aromatic nitrogens is 2. The summed E-state index contributed by atoms with van der Waals surface area (Å²) in [6.45, 7) is 6.15. The van der Waals surface area contributed by atoms with Crippen LogP contribution in [0.25, 0.3) is 10.9 Å². The molecule has 3 aromatic rings. The van der Waals surface area contributed by atoms with Crippen LogP contribution in [0.3, 0.4) is 0 Å². The molecule has 1 aliphatic heterocycles. The van der Waals surface area contributed by atoms with Gasteiger partial charge >= 0.3 is 5.97 Å². The van der Waals surface area contributed by atoms with Crippen LogP contribution in [0.5, 0.6) is 0 Å². The highest BCUT2D eigenvalue weighted by Gasteiger charge is 2.18. The standard InChI is InChI=1S/C23H22N2O4/c1-13-9-15(3)18(10-14(13)2)20(26)12-29-23(28)16-6-7-17-19(11-16)24-21-5-4-8-25(21)22(17)27/h6-7,9-11H,4-5,8,12H2,1-3H3. The first-order valence-electron chi connectivity index (χ1n) is 9.67. The van der Waals surface area contributed by atoms with Gasteiger partial charge in [0.2, 0.25) is 5.78 Å². The predicted molar refractivity (Wildman–Crippen MR) is 110 cm³/mol. The summed E-state index contributed by atoms with van der Waals surface area (Å²) in [4.78, 5) is 42.0. The van der Waals surface area contributed by atoms with Crippen LogP contribution in [0, 0.1) is 20.8 Å². The van der Waals surface area contributed by atoms with E-state index in [-0.39, 0.29) is 23.5 Å². The van der Waals surface area contributed by atoms with Crippen molar-refractivity contribution in [3.05, 3.63) is 74.3 Å². The molecule has 0 fully saturated rings. The molecular formula is C23H22N2O4. The first-order valence-corrected chi connectivity index (χ1v) is 9.67. The molecular weight excluding hydrogens is 368 g/mol. The minimum atomic E-state index is -0.607. The number of fused-ring (bicyclic) bond motifs is 2. The zero-order valence-corrected chi connectivity index (χ0v) is 16.7. The molecule has 0 amide bonds. The van der Waals surface area contributed by atoms with Gasteiger partial charge in [-0.25, -0.2) is 9.78 Å². The summed E-state index contributed by atoms with van der Waals surface area (Å²) < 4.78 is 6.93. The van der Waals surface area contributed by atoms with E-state index in [2.05, 4.69) is 4.98 Å². The molecule has 148 valence electrons. The number of hydrogen-bond donors (Lipinski definition) is 0. The summed E-state index contributed by atoms with van der Waals surface area (Å²) in [6.07, 6.45) is 1.65. The maximum absolute atomic E-state index is 12.5. The number of Topliss-reactive ketones (excluding diaryl/α,β-unsaturated/α-hetero) is 1. The van der Waals surface area contributed by atoms with Gasteiger partial charge in [-0.05, 0) is 68.1 Å². The number of nitrogens with zero attached hydrogens (tertiary/aromatic N) is 2. The summed E-state index contributed by atoms with van der Waals surface area (Å²) in [5.74, 6) is -0.105. The lowest BCUT2D eigenvalue weighted by Gasteiger charge is -2.10. The smallest absolute Gasteiger partial charge is 0.338 e. The fourth-order valence-electron chi connectivity index (χ4n) is 3.76. The van der Waals surface area contributed by atoms with Gasteiger partial charge in [-0.3, -0.25) is 14.2 Å². The Balaban J connectivity index is 1.54. The van der Waals surface area contributed by atoms with E-state index in [1.54, 1.807) is 22.8 Å². The molecule has 0 saturated carbocycles. The summed E-state index contributed by atoms with van der Waals surface area (Å²) in [6, 6.07) is 8.48. The molecule has 0 saturated heterocycles. The lowest BCUT2D eigenvalue weighted by molar-refractivity contribution is 0.0474. The second-order valence-electron chi connectivity index (χ2n) is 7.57. The van der Waals surface area contributed by atoms with E-state index in [0.717, 1.165) is 35.4 Å². The number of aryl methyl sites for hydroxylation is 4. The van der Waals surface area contributed by atoms with Crippen molar-refractivity contribution in [3.8, 4) is 0 Å². The van der Waals surface area contributed by atoms with Gasteiger partial charge in [-0.15, -0.1) is 0 Å². The van der Waals surface area contributed by atoms with Crippen molar-refractivity contribution in [1.29, 1.82) is 0 Å². The van der Waals surface area contributed by atoms with Crippen LogP contribution in [0.15, 0.2) is 35.1 Å². The summed E-state index contributed by atoms with van der Waals surface area (Å²) in [5, 5.41) is 0.481. The van der Waals surface area contributed by atoms with Gasteiger partial charge in [0, 0.05) is 18.5 Å². The molecule has 0 N–H and O–H groups in total. The highest BCUT2D eigenvalue weighted by Crippen LogP contribution is 2.18. The maximum atomic E-state index is 12.5. The number of carbonyl (C=O) groups is 2. The van der Waals surface area contributed by atoms with Crippen molar-refractivity contribution in [2.24, 2.45) is 0 Å². The maximum Gasteiger partial charge on any atom is 0.338 e. The van der Waals surface area contributed by atoms with Gasteiger partial charge in [0.25, 0.3) is 5.56 Å². The minimum absolute atomic E-state index is 0.0807. The van der Waals surface area contributed by atoms with Gasteiger partial charge in [-0.1, -0.05) is 6.07 Å². The molecule has 1 aliphatic rings. The van der Waals surface area contributed by atoms with Gasteiger partial charge < -0.3 is 4.74 Å². The van der Waals surface area contributed by atoms with Crippen LogP contribution < -0.4 is 5.56 Å². The highest BCUT2D eigenvalue weighted by atomic mass is 16.5. The lowest BCUT2D eigenvalue weighted by Crippen LogP contribution is -2.21. The van der Waals surface area contributed by atoms with E-state index >= 15 is 0 Å². The monoisotopic (exact) mass is 390 g/mol. The second kappa shape index (κ2) is 7.28.